The Bertz CT molecular complexity index is 998. The molecule has 0 heterocycles. The van der Waals surface area contributed by atoms with Gasteiger partial charge in [0.25, 0.3) is 10.1 Å². The summed E-state index contributed by atoms with van der Waals surface area (Å²) in [5.41, 5.74) is 0.432. The second-order valence-electron chi connectivity index (χ2n) is 5.19. The smallest absolute Gasteiger partial charge is 0.296 e. The number of ketones is 2. The molecule has 24 heavy (non-hydrogen) atoms. The molecule has 0 aliphatic heterocycles. The summed E-state index contributed by atoms with van der Waals surface area (Å²) < 4.78 is 33.0. The van der Waals surface area contributed by atoms with E-state index < -0.39 is 20.8 Å². The molecule has 1 aliphatic rings. The number of hydrogen-bond acceptors (Lipinski definition) is 5. The van der Waals surface area contributed by atoms with E-state index in [1.165, 1.54) is 6.07 Å². The number of benzene rings is 2. The third-order valence-corrected chi connectivity index (χ3v) is 5.25. The molecule has 2 N–H and O–H groups in total. The summed E-state index contributed by atoms with van der Waals surface area (Å²) in [5, 5.41) is 2.79. The van der Waals surface area contributed by atoms with Gasteiger partial charge in [0.15, 0.2) is 11.6 Å². The van der Waals surface area contributed by atoms with Gasteiger partial charge in [-0.05, 0) is 28.9 Å². The zero-order valence-electron chi connectivity index (χ0n) is 12.5. The fourth-order valence-electron chi connectivity index (χ4n) is 2.78. The third-order valence-electron chi connectivity index (χ3n) is 3.74. The number of rotatable bonds is 3. The van der Waals surface area contributed by atoms with Gasteiger partial charge in [0.05, 0.1) is 16.8 Å². The van der Waals surface area contributed by atoms with Gasteiger partial charge in [0.2, 0.25) is 0 Å². The molecule has 3 rings (SSSR count). The Labute approximate surface area is 146 Å². The van der Waals surface area contributed by atoms with Gasteiger partial charge in [0, 0.05) is 22.1 Å². The molecular formula is C16H12BrNO5S. The highest BCUT2D eigenvalue weighted by Crippen LogP contribution is 2.40. The van der Waals surface area contributed by atoms with Gasteiger partial charge in [-0.2, -0.15) is 8.42 Å². The van der Waals surface area contributed by atoms with Crippen molar-refractivity contribution in [2.75, 3.05) is 11.9 Å². The molecule has 8 heteroatoms. The normalized spacial score (nSPS) is 13.5. The maximum atomic E-state index is 12.9. The third kappa shape index (κ3) is 2.47. The predicted molar refractivity (Wildman–Crippen MR) is 91.4 cm³/mol. The lowest BCUT2D eigenvalue weighted by Gasteiger charge is -2.23. The molecule has 0 fully saturated rings. The number of anilines is 1. The minimum absolute atomic E-state index is 0.0532. The van der Waals surface area contributed by atoms with Gasteiger partial charge in [-0.25, -0.2) is 0 Å². The topological polar surface area (TPSA) is 101 Å². The predicted octanol–water partition coefficient (Wildman–Crippen LogP) is 2.90. The number of carbonyl (C=O) groups excluding carboxylic acids is 2. The van der Waals surface area contributed by atoms with E-state index in [1.54, 1.807) is 25.1 Å². The first-order valence-corrected chi connectivity index (χ1v) is 9.27. The zero-order valence-corrected chi connectivity index (χ0v) is 14.9. The second kappa shape index (κ2) is 5.80. The van der Waals surface area contributed by atoms with Crippen molar-refractivity contribution in [3.05, 3.63) is 57.1 Å². The highest BCUT2D eigenvalue weighted by molar-refractivity contribution is 9.10. The summed E-state index contributed by atoms with van der Waals surface area (Å²) in [6.45, 7) is 2.02. The maximum absolute atomic E-state index is 12.9. The Morgan fingerprint density at radius 2 is 1.62 bits per heavy atom. The van der Waals surface area contributed by atoms with Crippen LogP contribution < -0.4 is 5.32 Å². The van der Waals surface area contributed by atoms with Crippen LogP contribution in [-0.4, -0.2) is 31.1 Å². The minimum atomic E-state index is -4.59. The van der Waals surface area contributed by atoms with Gasteiger partial charge < -0.3 is 5.32 Å². The van der Waals surface area contributed by atoms with Crippen molar-refractivity contribution < 1.29 is 22.6 Å². The highest BCUT2D eigenvalue weighted by Gasteiger charge is 2.36. The summed E-state index contributed by atoms with van der Waals surface area (Å²) >= 11 is 3.15. The number of hydrogen-bond donors (Lipinski definition) is 2. The number of carbonyl (C=O) groups is 2. The molecule has 0 amide bonds. The lowest BCUT2D eigenvalue weighted by molar-refractivity contribution is 0.0979. The molecule has 0 atom stereocenters. The monoisotopic (exact) mass is 409 g/mol. The van der Waals surface area contributed by atoms with Crippen LogP contribution in [0, 0.1) is 0 Å². The zero-order chi connectivity index (χ0) is 17.6. The van der Waals surface area contributed by atoms with Crippen molar-refractivity contribution >= 4 is 43.3 Å². The lowest BCUT2D eigenvalue weighted by Crippen LogP contribution is -2.24. The van der Waals surface area contributed by atoms with E-state index in [0.29, 0.717) is 6.54 Å². The molecule has 0 bridgehead atoms. The molecule has 0 saturated carbocycles. The van der Waals surface area contributed by atoms with Crippen LogP contribution in [0.4, 0.5) is 5.69 Å². The van der Waals surface area contributed by atoms with E-state index >= 15 is 0 Å². The van der Waals surface area contributed by atoms with Gasteiger partial charge in [-0.3, -0.25) is 14.1 Å². The van der Waals surface area contributed by atoms with Crippen molar-refractivity contribution in [2.45, 2.75) is 11.8 Å². The van der Waals surface area contributed by atoms with Crippen LogP contribution in [-0.2, 0) is 10.1 Å². The SMILES string of the molecule is CCNc1c(S(=O)(=O)O)cc(Br)c2c1C(=O)c1ccccc1C2=O. The number of nitrogens with one attached hydrogen (secondary N) is 1. The Balaban J connectivity index is 2.44. The first kappa shape index (κ1) is 16.8. The molecule has 0 unspecified atom stereocenters. The van der Waals surface area contributed by atoms with Crippen LogP contribution in [0.25, 0.3) is 0 Å². The van der Waals surface area contributed by atoms with E-state index in [4.69, 9.17) is 0 Å². The van der Waals surface area contributed by atoms with Crippen molar-refractivity contribution in [3.63, 3.8) is 0 Å². The summed E-state index contributed by atoms with van der Waals surface area (Å²) in [5.74, 6) is -0.851. The van der Waals surface area contributed by atoms with Gasteiger partial charge >= 0.3 is 0 Å². The van der Waals surface area contributed by atoms with Gasteiger partial charge in [-0.1, -0.05) is 24.3 Å². The van der Waals surface area contributed by atoms with Crippen LogP contribution in [0.1, 0.15) is 38.8 Å². The largest absolute Gasteiger partial charge is 0.384 e. The second-order valence-corrected chi connectivity index (χ2v) is 7.44. The maximum Gasteiger partial charge on any atom is 0.296 e. The van der Waals surface area contributed by atoms with Crippen molar-refractivity contribution in [1.82, 2.24) is 0 Å². The van der Waals surface area contributed by atoms with Crippen molar-refractivity contribution in [2.24, 2.45) is 0 Å². The molecule has 0 radical (unpaired) electrons. The fourth-order valence-corrected chi connectivity index (χ4v) is 4.24. The highest BCUT2D eigenvalue weighted by atomic mass is 79.9. The van der Waals surface area contributed by atoms with Crippen molar-refractivity contribution in [1.29, 1.82) is 0 Å². The first-order chi connectivity index (χ1) is 11.3. The fraction of sp³-hybridized carbons (Fsp3) is 0.125. The number of halogens is 1. The summed E-state index contributed by atoms with van der Waals surface area (Å²) in [6, 6.07) is 7.48. The average Bonchev–Trinajstić information content (AvgIpc) is 2.53. The molecule has 0 saturated heterocycles. The minimum Gasteiger partial charge on any atom is -0.384 e. The molecule has 124 valence electrons. The Morgan fingerprint density at radius 3 is 2.12 bits per heavy atom. The molecule has 1 aliphatic carbocycles. The Kier molecular flexibility index (Phi) is 4.06. The summed E-state index contributed by atoms with van der Waals surface area (Å²) in [4.78, 5) is 25.2. The van der Waals surface area contributed by atoms with E-state index in [2.05, 4.69) is 21.2 Å². The van der Waals surface area contributed by atoms with Crippen LogP contribution in [0.5, 0.6) is 0 Å². The summed E-state index contributed by atoms with van der Waals surface area (Å²) in [7, 11) is -4.59. The van der Waals surface area contributed by atoms with E-state index in [0.717, 1.165) is 6.07 Å². The van der Waals surface area contributed by atoms with Crippen LogP contribution in [0.2, 0.25) is 0 Å². The average molecular weight is 410 g/mol. The molecule has 2 aromatic rings. The standard InChI is InChI=1S/C16H12BrNO5S/c1-2-18-14-11(24(21,22)23)7-10(17)12-13(14)16(20)9-6-4-3-5-8(9)15(12)19/h3-7,18H,2H2,1H3,(H,21,22,23). The first-order valence-electron chi connectivity index (χ1n) is 7.03. The molecule has 2 aromatic carbocycles. The molecule has 0 aromatic heterocycles. The molecule has 6 nitrogen and oxygen atoms in total. The van der Waals surface area contributed by atoms with Crippen molar-refractivity contribution in [3.8, 4) is 0 Å². The van der Waals surface area contributed by atoms with Crippen LogP contribution in [0.15, 0.2) is 39.7 Å². The quantitative estimate of drug-likeness (QED) is 0.644. The van der Waals surface area contributed by atoms with Gasteiger partial charge in [-0.15, -0.1) is 0 Å². The number of fused-ring (bicyclic) bond motifs is 2. The van der Waals surface area contributed by atoms with Gasteiger partial charge in [0.1, 0.15) is 4.90 Å². The lowest BCUT2D eigenvalue weighted by atomic mass is 9.83. The molecular weight excluding hydrogens is 398 g/mol. The summed E-state index contributed by atoms with van der Waals surface area (Å²) in [6.07, 6.45) is 0. The Hall–Kier alpha value is -2.03. The Morgan fingerprint density at radius 1 is 1.08 bits per heavy atom. The van der Waals surface area contributed by atoms with E-state index in [1.807, 2.05) is 0 Å². The van der Waals surface area contributed by atoms with Crippen LogP contribution in [0.3, 0.4) is 0 Å². The molecule has 0 spiro atoms. The van der Waals surface area contributed by atoms with E-state index in [9.17, 15) is 22.6 Å². The van der Waals surface area contributed by atoms with E-state index in [-0.39, 0.29) is 38.2 Å². The van der Waals surface area contributed by atoms with Crippen LogP contribution >= 0.6 is 15.9 Å².